The highest BCUT2D eigenvalue weighted by Gasteiger charge is 2.26. The molecular formula is C20H23NO. The Labute approximate surface area is 132 Å². The summed E-state index contributed by atoms with van der Waals surface area (Å²) >= 11 is 0. The maximum atomic E-state index is 12.2. The first-order valence-electron chi connectivity index (χ1n) is 7.54. The smallest absolute Gasteiger partial charge is 0.251 e. The van der Waals surface area contributed by atoms with E-state index in [9.17, 15) is 4.79 Å². The van der Waals surface area contributed by atoms with Gasteiger partial charge in [-0.25, -0.2) is 0 Å². The van der Waals surface area contributed by atoms with Crippen LogP contribution in [0.4, 0.5) is 0 Å². The summed E-state index contributed by atoms with van der Waals surface area (Å²) in [7, 11) is 0. The SMILES string of the molecule is C=C(C)C(C)(CNC(=O)c1ccccc1)Cc1ccccc1. The van der Waals surface area contributed by atoms with Crippen molar-refractivity contribution in [3.05, 3.63) is 83.9 Å². The first-order chi connectivity index (χ1) is 10.5. The van der Waals surface area contributed by atoms with Gasteiger partial charge in [0.2, 0.25) is 0 Å². The summed E-state index contributed by atoms with van der Waals surface area (Å²) in [5, 5.41) is 3.04. The van der Waals surface area contributed by atoms with E-state index in [0.717, 1.165) is 12.0 Å². The maximum Gasteiger partial charge on any atom is 0.251 e. The molecule has 1 atom stereocenters. The molecule has 0 saturated heterocycles. The number of carbonyl (C=O) groups is 1. The van der Waals surface area contributed by atoms with E-state index < -0.39 is 0 Å². The third-order valence-corrected chi connectivity index (χ3v) is 4.14. The van der Waals surface area contributed by atoms with Crippen LogP contribution in [0.5, 0.6) is 0 Å². The van der Waals surface area contributed by atoms with Crippen molar-refractivity contribution in [2.45, 2.75) is 20.3 Å². The zero-order valence-electron chi connectivity index (χ0n) is 13.3. The van der Waals surface area contributed by atoms with E-state index in [1.807, 2.05) is 55.5 Å². The molecule has 2 rings (SSSR count). The van der Waals surface area contributed by atoms with E-state index in [4.69, 9.17) is 0 Å². The number of amides is 1. The zero-order valence-corrected chi connectivity index (χ0v) is 13.3. The van der Waals surface area contributed by atoms with Gasteiger partial charge >= 0.3 is 0 Å². The topological polar surface area (TPSA) is 29.1 Å². The van der Waals surface area contributed by atoms with E-state index in [1.165, 1.54) is 5.56 Å². The second-order valence-corrected chi connectivity index (χ2v) is 6.05. The fourth-order valence-electron chi connectivity index (χ4n) is 2.38. The molecule has 0 bridgehead atoms. The van der Waals surface area contributed by atoms with Crippen LogP contribution in [-0.4, -0.2) is 12.5 Å². The lowest BCUT2D eigenvalue weighted by molar-refractivity contribution is 0.0939. The van der Waals surface area contributed by atoms with Crippen molar-refractivity contribution in [2.24, 2.45) is 5.41 Å². The monoisotopic (exact) mass is 293 g/mol. The van der Waals surface area contributed by atoms with Crippen molar-refractivity contribution < 1.29 is 4.79 Å². The first kappa shape index (κ1) is 16.0. The van der Waals surface area contributed by atoms with Crippen molar-refractivity contribution in [1.82, 2.24) is 5.32 Å². The molecule has 0 fully saturated rings. The molecule has 0 spiro atoms. The second kappa shape index (κ2) is 7.08. The summed E-state index contributed by atoms with van der Waals surface area (Å²) in [4.78, 5) is 12.2. The summed E-state index contributed by atoms with van der Waals surface area (Å²) in [6.07, 6.45) is 0.859. The fraction of sp³-hybridized carbons (Fsp3) is 0.250. The lowest BCUT2D eigenvalue weighted by Gasteiger charge is -2.31. The molecule has 1 amide bonds. The fourth-order valence-corrected chi connectivity index (χ4v) is 2.38. The molecule has 2 heteroatoms. The van der Waals surface area contributed by atoms with Crippen LogP contribution >= 0.6 is 0 Å². The lowest BCUT2D eigenvalue weighted by atomic mass is 9.78. The van der Waals surface area contributed by atoms with Crippen molar-refractivity contribution in [1.29, 1.82) is 0 Å². The van der Waals surface area contributed by atoms with E-state index >= 15 is 0 Å². The van der Waals surface area contributed by atoms with Crippen molar-refractivity contribution in [3.8, 4) is 0 Å². The Kier molecular flexibility index (Phi) is 5.16. The molecule has 2 aromatic rings. The van der Waals surface area contributed by atoms with Gasteiger partial charge < -0.3 is 5.32 Å². The van der Waals surface area contributed by atoms with Crippen molar-refractivity contribution in [2.75, 3.05) is 6.54 Å². The number of rotatable bonds is 6. The number of hydrogen-bond acceptors (Lipinski definition) is 1. The Morgan fingerprint density at radius 1 is 1.05 bits per heavy atom. The lowest BCUT2D eigenvalue weighted by Crippen LogP contribution is -2.37. The standard InChI is InChI=1S/C20H23NO/c1-16(2)20(3,14-17-10-6-4-7-11-17)15-21-19(22)18-12-8-5-9-13-18/h4-13H,1,14-15H2,2-3H3,(H,21,22). The van der Waals surface area contributed by atoms with E-state index in [0.29, 0.717) is 12.1 Å². The second-order valence-electron chi connectivity index (χ2n) is 6.05. The molecule has 1 unspecified atom stereocenters. The maximum absolute atomic E-state index is 12.2. The third kappa shape index (κ3) is 4.08. The Morgan fingerprint density at radius 2 is 1.59 bits per heavy atom. The van der Waals surface area contributed by atoms with Crippen LogP contribution in [0.15, 0.2) is 72.8 Å². The molecule has 2 aromatic carbocycles. The highest BCUT2D eigenvalue weighted by molar-refractivity contribution is 5.94. The normalized spacial score (nSPS) is 13.2. The number of benzene rings is 2. The summed E-state index contributed by atoms with van der Waals surface area (Å²) in [6.45, 7) is 8.87. The Bertz CT molecular complexity index is 633. The Balaban J connectivity index is 2.05. The van der Waals surface area contributed by atoms with Crippen LogP contribution < -0.4 is 5.32 Å². The van der Waals surface area contributed by atoms with Gasteiger partial charge in [0.05, 0.1) is 0 Å². The third-order valence-electron chi connectivity index (χ3n) is 4.14. The average molecular weight is 293 g/mol. The predicted molar refractivity (Wildman–Crippen MR) is 91.8 cm³/mol. The van der Waals surface area contributed by atoms with E-state index in [1.54, 1.807) is 0 Å². The van der Waals surface area contributed by atoms with Crippen LogP contribution in [0, 0.1) is 5.41 Å². The van der Waals surface area contributed by atoms with Gasteiger partial charge in [0.1, 0.15) is 0 Å². The number of hydrogen-bond donors (Lipinski definition) is 1. The molecule has 2 nitrogen and oxygen atoms in total. The van der Waals surface area contributed by atoms with Gasteiger partial charge in [-0.1, -0.05) is 67.6 Å². The van der Waals surface area contributed by atoms with Gasteiger partial charge in [0.25, 0.3) is 5.91 Å². The molecule has 114 valence electrons. The minimum Gasteiger partial charge on any atom is -0.351 e. The van der Waals surface area contributed by atoms with Gasteiger partial charge in [0, 0.05) is 17.5 Å². The van der Waals surface area contributed by atoms with E-state index in [2.05, 4.69) is 31.0 Å². The number of carbonyl (C=O) groups excluding carboxylic acids is 1. The first-order valence-corrected chi connectivity index (χ1v) is 7.54. The summed E-state index contributed by atoms with van der Waals surface area (Å²) < 4.78 is 0. The molecular weight excluding hydrogens is 270 g/mol. The van der Waals surface area contributed by atoms with Crippen LogP contribution in [0.1, 0.15) is 29.8 Å². The molecule has 0 aliphatic heterocycles. The quantitative estimate of drug-likeness (QED) is 0.793. The van der Waals surface area contributed by atoms with Crippen LogP contribution in [0.2, 0.25) is 0 Å². The average Bonchev–Trinajstić information content (AvgIpc) is 2.54. The van der Waals surface area contributed by atoms with E-state index in [-0.39, 0.29) is 11.3 Å². The highest BCUT2D eigenvalue weighted by Crippen LogP contribution is 2.29. The molecule has 1 N–H and O–H groups in total. The zero-order chi connectivity index (χ0) is 16.0. The molecule has 0 aliphatic carbocycles. The predicted octanol–water partition coefficient (Wildman–Crippen LogP) is 4.24. The molecule has 0 heterocycles. The van der Waals surface area contributed by atoms with Crippen LogP contribution in [0.25, 0.3) is 0 Å². The molecule has 0 aliphatic rings. The largest absolute Gasteiger partial charge is 0.351 e. The van der Waals surface area contributed by atoms with Gasteiger partial charge in [-0.15, -0.1) is 0 Å². The van der Waals surface area contributed by atoms with Crippen molar-refractivity contribution >= 4 is 5.91 Å². The number of nitrogens with one attached hydrogen (secondary N) is 1. The molecule has 0 saturated carbocycles. The van der Waals surface area contributed by atoms with Gasteiger partial charge in [-0.3, -0.25) is 4.79 Å². The van der Waals surface area contributed by atoms with Gasteiger partial charge in [-0.2, -0.15) is 0 Å². The Morgan fingerprint density at radius 3 is 2.14 bits per heavy atom. The minimum absolute atomic E-state index is 0.0406. The van der Waals surface area contributed by atoms with Gasteiger partial charge in [-0.05, 0) is 31.0 Å². The summed E-state index contributed by atoms with van der Waals surface area (Å²) in [5.41, 5.74) is 2.85. The summed E-state index contributed by atoms with van der Waals surface area (Å²) in [6, 6.07) is 19.6. The van der Waals surface area contributed by atoms with Gasteiger partial charge in [0.15, 0.2) is 0 Å². The van der Waals surface area contributed by atoms with Crippen LogP contribution in [-0.2, 0) is 6.42 Å². The van der Waals surface area contributed by atoms with Crippen molar-refractivity contribution in [3.63, 3.8) is 0 Å². The molecule has 0 aromatic heterocycles. The molecule has 0 radical (unpaired) electrons. The summed E-state index contributed by atoms with van der Waals surface area (Å²) in [5.74, 6) is -0.0406. The highest BCUT2D eigenvalue weighted by atomic mass is 16.1. The molecule has 22 heavy (non-hydrogen) atoms. The van der Waals surface area contributed by atoms with Crippen LogP contribution in [0.3, 0.4) is 0 Å². The Hall–Kier alpha value is -2.35. The minimum atomic E-state index is -0.161.